The molecule has 0 aliphatic heterocycles. The molecule has 0 radical (unpaired) electrons. The van der Waals surface area contributed by atoms with Crippen molar-refractivity contribution in [2.24, 2.45) is 5.41 Å². The van der Waals surface area contributed by atoms with Crippen LogP contribution in [0.2, 0.25) is 0 Å². The summed E-state index contributed by atoms with van der Waals surface area (Å²) in [6, 6.07) is 0.508. The van der Waals surface area contributed by atoms with Crippen LogP contribution >= 0.6 is 0 Å². The molecule has 1 aliphatic rings. The maximum Gasteiger partial charge on any atom is 0.0615 e. The molecule has 1 aliphatic carbocycles. The van der Waals surface area contributed by atoms with Gasteiger partial charge in [-0.2, -0.15) is 0 Å². The molecule has 0 saturated heterocycles. The standard InChI is InChI=1S/C13H27NO2/c1-5-14(12(3)9-15-4)10-13(7-8-13)11-16-6-2/h12H,5-11H2,1-4H3. The van der Waals surface area contributed by atoms with E-state index in [1.807, 2.05) is 0 Å². The molecule has 0 N–H and O–H groups in total. The Morgan fingerprint density at radius 1 is 1.31 bits per heavy atom. The minimum absolute atomic E-state index is 0.452. The van der Waals surface area contributed by atoms with E-state index in [2.05, 4.69) is 25.7 Å². The Bertz CT molecular complexity index is 192. The molecule has 1 unspecified atom stereocenters. The summed E-state index contributed by atoms with van der Waals surface area (Å²) in [5.41, 5.74) is 0.452. The number of methoxy groups -OCH3 is 1. The highest BCUT2D eigenvalue weighted by Gasteiger charge is 2.44. The molecular formula is C13H27NO2. The smallest absolute Gasteiger partial charge is 0.0615 e. The summed E-state index contributed by atoms with van der Waals surface area (Å²) in [4.78, 5) is 2.51. The first-order chi connectivity index (χ1) is 7.67. The van der Waals surface area contributed by atoms with Crippen LogP contribution in [0.1, 0.15) is 33.6 Å². The van der Waals surface area contributed by atoms with Gasteiger partial charge in [0.25, 0.3) is 0 Å². The van der Waals surface area contributed by atoms with Crippen LogP contribution in [0.25, 0.3) is 0 Å². The third-order valence-corrected chi connectivity index (χ3v) is 3.55. The highest BCUT2D eigenvalue weighted by Crippen LogP contribution is 2.46. The van der Waals surface area contributed by atoms with Crippen molar-refractivity contribution in [3.05, 3.63) is 0 Å². The molecule has 0 aromatic heterocycles. The number of ether oxygens (including phenoxy) is 2. The van der Waals surface area contributed by atoms with Gasteiger partial charge in [0, 0.05) is 31.7 Å². The van der Waals surface area contributed by atoms with Gasteiger partial charge in [-0.15, -0.1) is 0 Å². The lowest BCUT2D eigenvalue weighted by Crippen LogP contribution is -2.41. The van der Waals surface area contributed by atoms with Crippen molar-refractivity contribution in [2.75, 3.05) is 40.0 Å². The zero-order valence-corrected chi connectivity index (χ0v) is 11.3. The van der Waals surface area contributed by atoms with Crippen LogP contribution < -0.4 is 0 Å². The fourth-order valence-corrected chi connectivity index (χ4v) is 2.20. The van der Waals surface area contributed by atoms with Crippen molar-refractivity contribution in [1.82, 2.24) is 4.90 Å². The summed E-state index contributed by atoms with van der Waals surface area (Å²) in [6.07, 6.45) is 2.65. The van der Waals surface area contributed by atoms with Gasteiger partial charge in [0.15, 0.2) is 0 Å². The molecular weight excluding hydrogens is 202 g/mol. The van der Waals surface area contributed by atoms with Gasteiger partial charge in [-0.1, -0.05) is 6.92 Å². The maximum absolute atomic E-state index is 5.59. The van der Waals surface area contributed by atoms with E-state index < -0.39 is 0 Å². The predicted octanol–water partition coefficient (Wildman–Crippen LogP) is 2.16. The Kier molecular flexibility index (Phi) is 5.73. The lowest BCUT2D eigenvalue weighted by atomic mass is 10.1. The average Bonchev–Trinajstić information content (AvgIpc) is 3.04. The van der Waals surface area contributed by atoms with Crippen molar-refractivity contribution in [1.29, 1.82) is 0 Å². The topological polar surface area (TPSA) is 21.7 Å². The zero-order valence-electron chi connectivity index (χ0n) is 11.3. The van der Waals surface area contributed by atoms with Gasteiger partial charge in [-0.3, -0.25) is 4.90 Å². The van der Waals surface area contributed by atoms with E-state index in [1.165, 1.54) is 12.8 Å². The molecule has 0 amide bonds. The van der Waals surface area contributed by atoms with Crippen LogP contribution in [-0.2, 0) is 9.47 Å². The van der Waals surface area contributed by atoms with Crippen molar-refractivity contribution in [2.45, 2.75) is 39.7 Å². The predicted molar refractivity (Wildman–Crippen MR) is 66.7 cm³/mol. The van der Waals surface area contributed by atoms with Crippen LogP contribution in [0, 0.1) is 5.41 Å². The molecule has 0 bridgehead atoms. The zero-order chi connectivity index (χ0) is 12.0. The van der Waals surface area contributed by atoms with E-state index in [-0.39, 0.29) is 0 Å². The summed E-state index contributed by atoms with van der Waals surface area (Å²) >= 11 is 0. The minimum Gasteiger partial charge on any atom is -0.383 e. The Balaban J connectivity index is 2.37. The Labute approximate surface area is 100 Å². The van der Waals surface area contributed by atoms with E-state index in [4.69, 9.17) is 9.47 Å². The number of hydrogen-bond acceptors (Lipinski definition) is 3. The first-order valence-corrected chi connectivity index (χ1v) is 6.48. The Morgan fingerprint density at radius 2 is 2.00 bits per heavy atom. The summed E-state index contributed by atoms with van der Waals surface area (Å²) in [6.45, 7) is 11.4. The fourth-order valence-electron chi connectivity index (χ4n) is 2.20. The second kappa shape index (κ2) is 6.58. The monoisotopic (exact) mass is 229 g/mol. The average molecular weight is 229 g/mol. The van der Waals surface area contributed by atoms with E-state index in [9.17, 15) is 0 Å². The first-order valence-electron chi connectivity index (χ1n) is 6.48. The van der Waals surface area contributed by atoms with Crippen molar-refractivity contribution in [3.63, 3.8) is 0 Å². The summed E-state index contributed by atoms with van der Waals surface area (Å²) in [5.74, 6) is 0. The van der Waals surface area contributed by atoms with E-state index in [0.717, 1.165) is 32.9 Å². The van der Waals surface area contributed by atoms with Gasteiger partial charge in [-0.05, 0) is 33.2 Å². The first kappa shape index (κ1) is 13.9. The summed E-state index contributed by atoms with van der Waals surface area (Å²) < 4.78 is 10.8. The Hall–Kier alpha value is -0.120. The van der Waals surface area contributed by atoms with Crippen LogP contribution in [0.5, 0.6) is 0 Å². The third-order valence-electron chi connectivity index (χ3n) is 3.55. The van der Waals surface area contributed by atoms with Crippen molar-refractivity contribution in [3.8, 4) is 0 Å². The van der Waals surface area contributed by atoms with Gasteiger partial charge >= 0.3 is 0 Å². The number of hydrogen-bond donors (Lipinski definition) is 0. The molecule has 96 valence electrons. The normalized spacial score (nSPS) is 20.1. The molecule has 1 fully saturated rings. The van der Waals surface area contributed by atoms with Gasteiger partial charge < -0.3 is 9.47 Å². The number of nitrogens with zero attached hydrogens (tertiary/aromatic N) is 1. The third kappa shape index (κ3) is 4.04. The lowest BCUT2D eigenvalue weighted by molar-refractivity contribution is 0.0503. The fraction of sp³-hybridized carbons (Fsp3) is 1.00. The Morgan fingerprint density at radius 3 is 2.44 bits per heavy atom. The molecule has 0 heterocycles. The molecule has 1 saturated carbocycles. The maximum atomic E-state index is 5.59. The second-order valence-corrected chi connectivity index (χ2v) is 5.00. The number of likely N-dealkylation sites (N-methyl/N-ethyl adjacent to an activating group) is 1. The second-order valence-electron chi connectivity index (χ2n) is 5.00. The summed E-state index contributed by atoms with van der Waals surface area (Å²) in [5, 5.41) is 0. The molecule has 0 spiro atoms. The summed E-state index contributed by atoms with van der Waals surface area (Å²) in [7, 11) is 1.78. The molecule has 1 atom stereocenters. The lowest BCUT2D eigenvalue weighted by Gasteiger charge is -2.31. The highest BCUT2D eigenvalue weighted by molar-refractivity contribution is 4.96. The van der Waals surface area contributed by atoms with Gasteiger partial charge in [0.2, 0.25) is 0 Å². The minimum atomic E-state index is 0.452. The quantitative estimate of drug-likeness (QED) is 0.605. The van der Waals surface area contributed by atoms with Gasteiger partial charge in [-0.25, -0.2) is 0 Å². The SMILES string of the molecule is CCOCC1(CN(CC)C(C)COC)CC1. The molecule has 16 heavy (non-hydrogen) atoms. The number of rotatable bonds is 9. The van der Waals surface area contributed by atoms with Crippen LogP contribution in [-0.4, -0.2) is 51.0 Å². The van der Waals surface area contributed by atoms with Crippen molar-refractivity contribution < 1.29 is 9.47 Å². The van der Waals surface area contributed by atoms with Gasteiger partial charge in [0.05, 0.1) is 13.2 Å². The van der Waals surface area contributed by atoms with Gasteiger partial charge in [0.1, 0.15) is 0 Å². The molecule has 3 nitrogen and oxygen atoms in total. The molecule has 0 aromatic carbocycles. The van der Waals surface area contributed by atoms with E-state index in [1.54, 1.807) is 7.11 Å². The molecule has 1 rings (SSSR count). The highest BCUT2D eigenvalue weighted by atomic mass is 16.5. The van der Waals surface area contributed by atoms with Crippen molar-refractivity contribution >= 4 is 0 Å². The molecule has 0 aromatic rings. The van der Waals surface area contributed by atoms with Crippen LogP contribution in [0.15, 0.2) is 0 Å². The largest absolute Gasteiger partial charge is 0.383 e. The van der Waals surface area contributed by atoms with Crippen LogP contribution in [0.3, 0.4) is 0 Å². The van der Waals surface area contributed by atoms with Crippen LogP contribution in [0.4, 0.5) is 0 Å². The van der Waals surface area contributed by atoms with E-state index in [0.29, 0.717) is 11.5 Å². The van der Waals surface area contributed by atoms with E-state index >= 15 is 0 Å². The molecule has 3 heteroatoms.